The van der Waals surface area contributed by atoms with Crippen LogP contribution >= 0.6 is 23.1 Å². The molecule has 0 fully saturated rings. The Morgan fingerprint density at radius 3 is 2.75 bits per heavy atom. The average Bonchev–Trinajstić information content (AvgIpc) is 2.64. The van der Waals surface area contributed by atoms with E-state index in [0.29, 0.717) is 0 Å². The van der Waals surface area contributed by atoms with Gasteiger partial charge < -0.3 is 5.11 Å². The highest BCUT2D eigenvalue weighted by atomic mass is 32.2. The number of nitrogens with zero attached hydrogens (tertiary/aromatic N) is 1. The van der Waals surface area contributed by atoms with Gasteiger partial charge in [-0.1, -0.05) is 30.0 Å². The molecule has 0 saturated carbocycles. The molecule has 1 atom stereocenters. The van der Waals surface area contributed by atoms with Crippen LogP contribution in [0, 0.1) is 6.92 Å². The fourth-order valence-corrected chi connectivity index (χ4v) is 3.40. The number of aromatic nitrogens is 1. The number of hydrogen-bond acceptors (Lipinski definition) is 4. The van der Waals surface area contributed by atoms with Crippen LogP contribution in [-0.4, -0.2) is 10.1 Å². The smallest absolute Gasteiger partial charge is 0.154 e. The number of thiazole rings is 1. The first-order valence-corrected chi connectivity index (χ1v) is 6.73. The van der Waals surface area contributed by atoms with Gasteiger partial charge in [0.15, 0.2) is 4.34 Å². The quantitative estimate of drug-likeness (QED) is 0.903. The highest BCUT2D eigenvalue weighted by Gasteiger charge is 2.09. The van der Waals surface area contributed by atoms with E-state index in [9.17, 15) is 5.11 Å². The minimum Gasteiger partial charge on any atom is -0.389 e. The molecule has 16 heavy (non-hydrogen) atoms. The first kappa shape index (κ1) is 11.6. The van der Waals surface area contributed by atoms with Crippen molar-refractivity contribution in [2.75, 3.05) is 0 Å². The van der Waals surface area contributed by atoms with Gasteiger partial charge in [-0.05, 0) is 25.5 Å². The van der Waals surface area contributed by atoms with E-state index < -0.39 is 6.10 Å². The number of aliphatic hydroxyl groups is 1. The predicted molar refractivity (Wildman–Crippen MR) is 68.0 cm³/mol. The van der Waals surface area contributed by atoms with Gasteiger partial charge >= 0.3 is 0 Å². The molecule has 1 aromatic carbocycles. The second-order valence-corrected chi connectivity index (χ2v) is 5.72. The molecular weight excluding hydrogens is 238 g/mol. The monoisotopic (exact) mass is 251 g/mol. The summed E-state index contributed by atoms with van der Waals surface area (Å²) in [5.74, 6) is 0. The van der Waals surface area contributed by atoms with Gasteiger partial charge in [-0.3, -0.25) is 0 Å². The van der Waals surface area contributed by atoms with E-state index in [4.69, 9.17) is 0 Å². The van der Waals surface area contributed by atoms with Gasteiger partial charge in [-0.25, -0.2) is 4.98 Å². The Kier molecular flexibility index (Phi) is 3.63. The summed E-state index contributed by atoms with van der Waals surface area (Å²) >= 11 is 3.25. The Labute approximate surface area is 103 Å². The fraction of sp³-hybridized carbons (Fsp3) is 0.250. The first-order valence-electron chi connectivity index (χ1n) is 5.04. The van der Waals surface area contributed by atoms with Crippen LogP contribution in [0.2, 0.25) is 0 Å². The van der Waals surface area contributed by atoms with E-state index in [2.05, 4.69) is 4.98 Å². The fourth-order valence-electron chi connectivity index (χ4n) is 1.39. The molecular formula is C12H13NOS2. The van der Waals surface area contributed by atoms with Gasteiger partial charge in [0.2, 0.25) is 0 Å². The van der Waals surface area contributed by atoms with Crippen molar-refractivity contribution in [3.05, 3.63) is 40.9 Å². The SMILES string of the molecule is Cc1csc(Sc2ccccc2[C@@H](C)O)n1. The lowest BCUT2D eigenvalue weighted by Crippen LogP contribution is -1.93. The zero-order chi connectivity index (χ0) is 11.5. The summed E-state index contributed by atoms with van der Waals surface area (Å²) in [5.41, 5.74) is 2.00. The highest BCUT2D eigenvalue weighted by molar-refractivity contribution is 8.01. The van der Waals surface area contributed by atoms with Crippen LogP contribution in [-0.2, 0) is 0 Å². The van der Waals surface area contributed by atoms with Crippen LogP contribution in [0.15, 0.2) is 38.9 Å². The van der Waals surface area contributed by atoms with Crippen molar-refractivity contribution in [1.82, 2.24) is 4.98 Å². The molecule has 0 aliphatic heterocycles. The van der Waals surface area contributed by atoms with Crippen LogP contribution in [0.1, 0.15) is 24.3 Å². The molecule has 0 saturated heterocycles. The Hall–Kier alpha value is -0.840. The lowest BCUT2D eigenvalue weighted by atomic mass is 10.1. The summed E-state index contributed by atoms with van der Waals surface area (Å²) in [4.78, 5) is 5.48. The normalized spacial score (nSPS) is 12.7. The van der Waals surface area contributed by atoms with Crippen molar-refractivity contribution in [3.63, 3.8) is 0 Å². The molecule has 2 aromatic rings. The van der Waals surface area contributed by atoms with Crippen LogP contribution in [0.4, 0.5) is 0 Å². The summed E-state index contributed by atoms with van der Waals surface area (Å²) in [5, 5.41) is 11.7. The Bertz CT molecular complexity index is 479. The summed E-state index contributed by atoms with van der Waals surface area (Å²) in [6, 6.07) is 7.89. The van der Waals surface area contributed by atoms with Crippen LogP contribution in [0.5, 0.6) is 0 Å². The van der Waals surface area contributed by atoms with Crippen LogP contribution < -0.4 is 0 Å². The molecule has 1 heterocycles. The van der Waals surface area contributed by atoms with Gasteiger partial charge in [0.1, 0.15) is 0 Å². The predicted octanol–water partition coefficient (Wildman–Crippen LogP) is 3.66. The van der Waals surface area contributed by atoms with Crippen molar-refractivity contribution in [2.24, 2.45) is 0 Å². The lowest BCUT2D eigenvalue weighted by molar-refractivity contribution is 0.196. The number of hydrogen-bond donors (Lipinski definition) is 1. The Balaban J connectivity index is 2.27. The van der Waals surface area contributed by atoms with Gasteiger partial charge in [0.05, 0.1) is 6.10 Å². The maximum Gasteiger partial charge on any atom is 0.154 e. The molecule has 0 aliphatic rings. The van der Waals surface area contributed by atoms with Crippen molar-refractivity contribution in [1.29, 1.82) is 0 Å². The van der Waals surface area contributed by atoms with Crippen molar-refractivity contribution in [3.8, 4) is 0 Å². The lowest BCUT2D eigenvalue weighted by Gasteiger charge is -2.09. The van der Waals surface area contributed by atoms with E-state index in [-0.39, 0.29) is 0 Å². The van der Waals surface area contributed by atoms with Crippen LogP contribution in [0.3, 0.4) is 0 Å². The zero-order valence-corrected chi connectivity index (χ0v) is 10.8. The van der Waals surface area contributed by atoms with E-state index in [1.807, 2.05) is 36.6 Å². The van der Waals surface area contributed by atoms with E-state index in [1.54, 1.807) is 30.0 Å². The average molecular weight is 251 g/mol. The summed E-state index contributed by atoms with van der Waals surface area (Å²) in [7, 11) is 0. The molecule has 1 N–H and O–H groups in total. The van der Waals surface area contributed by atoms with E-state index in [0.717, 1.165) is 20.5 Å². The number of aryl methyl sites for hydroxylation is 1. The molecule has 0 amide bonds. The molecule has 2 rings (SSSR count). The molecule has 84 valence electrons. The molecule has 0 aliphatic carbocycles. The highest BCUT2D eigenvalue weighted by Crippen LogP contribution is 2.34. The third kappa shape index (κ3) is 2.64. The minimum atomic E-state index is -0.440. The Morgan fingerprint density at radius 2 is 2.12 bits per heavy atom. The van der Waals surface area contributed by atoms with E-state index in [1.165, 1.54) is 0 Å². The van der Waals surface area contributed by atoms with Crippen LogP contribution in [0.25, 0.3) is 0 Å². The zero-order valence-electron chi connectivity index (χ0n) is 9.18. The third-order valence-electron chi connectivity index (χ3n) is 2.16. The molecule has 0 unspecified atom stereocenters. The summed E-state index contributed by atoms with van der Waals surface area (Å²) in [6.45, 7) is 3.77. The van der Waals surface area contributed by atoms with Gasteiger partial charge in [0, 0.05) is 16.0 Å². The topological polar surface area (TPSA) is 33.1 Å². The standard InChI is InChI=1S/C12H13NOS2/c1-8-7-15-12(13-8)16-11-6-4-3-5-10(11)9(2)14/h3-7,9,14H,1-2H3/t9-/m1/s1. The first-order chi connectivity index (χ1) is 7.66. The van der Waals surface area contributed by atoms with E-state index >= 15 is 0 Å². The second kappa shape index (κ2) is 4.99. The molecule has 0 radical (unpaired) electrons. The number of benzene rings is 1. The maximum absolute atomic E-state index is 9.66. The molecule has 4 heteroatoms. The van der Waals surface area contributed by atoms with Crippen molar-refractivity contribution in [2.45, 2.75) is 29.2 Å². The third-order valence-corrected chi connectivity index (χ3v) is 4.31. The van der Waals surface area contributed by atoms with Crippen molar-refractivity contribution >= 4 is 23.1 Å². The van der Waals surface area contributed by atoms with Gasteiger partial charge in [-0.15, -0.1) is 11.3 Å². The van der Waals surface area contributed by atoms with Gasteiger partial charge in [-0.2, -0.15) is 0 Å². The Morgan fingerprint density at radius 1 is 1.38 bits per heavy atom. The molecule has 1 aromatic heterocycles. The molecule has 0 spiro atoms. The minimum absolute atomic E-state index is 0.440. The summed E-state index contributed by atoms with van der Waals surface area (Å²) < 4.78 is 1.02. The molecule has 0 bridgehead atoms. The molecule has 2 nitrogen and oxygen atoms in total. The number of rotatable bonds is 3. The second-order valence-electron chi connectivity index (χ2n) is 3.57. The largest absolute Gasteiger partial charge is 0.389 e. The van der Waals surface area contributed by atoms with Gasteiger partial charge in [0.25, 0.3) is 0 Å². The maximum atomic E-state index is 9.66. The number of aliphatic hydroxyl groups excluding tert-OH is 1. The van der Waals surface area contributed by atoms with Crippen molar-refractivity contribution < 1.29 is 5.11 Å². The summed E-state index contributed by atoms with van der Waals surface area (Å²) in [6.07, 6.45) is -0.440.